The van der Waals surface area contributed by atoms with E-state index >= 15 is 0 Å². The number of hydrogen-bond acceptors (Lipinski definition) is 5. The van der Waals surface area contributed by atoms with Gasteiger partial charge in [-0.15, -0.1) is 0 Å². The summed E-state index contributed by atoms with van der Waals surface area (Å²) in [5, 5.41) is 4.41. The third kappa shape index (κ3) is 3.30. The second kappa shape index (κ2) is 7.82. The first-order valence-electron chi connectivity index (χ1n) is 10.7. The number of hydrogen-bond donors (Lipinski definition) is 2. The lowest BCUT2D eigenvalue weighted by Gasteiger charge is -2.30. The van der Waals surface area contributed by atoms with Crippen molar-refractivity contribution in [3.05, 3.63) is 58.8 Å². The maximum absolute atomic E-state index is 12.2. The standard InChI is InChI=1S/C23H26N6O/c1-2-29-21-13-18-17(12-19(21)27-23(29)30)22(26-15-25-18)24-14-16-8-4-5-9-20(16)28-10-6-3-7-11-28/h4-5,8-9,12-13,15H,2-3,6-7,10-11,14H2,1H3,(H,27,30)(H,24,25,26). The Balaban J connectivity index is 1.48. The highest BCUT2D eigenvalue weighted by atomic mass is 16.1. The van der Waals surface area contributed by atoms with Crippen LogP contribution in [-0.4, -0.2) is 32.6 Å². The number of benzene rings is 2. The van der Waals surface area contributed by atoms with E-state index in [1.54, 1.807) is 10.9 Å². The van der Waals surface area contributed by atoms with E-state index in [-0.39, 0.29) is 5.69 Å². The molecule has 0 atom stereocenters. The zero-order valence-electron chi connectivity index (χ0n) is 17.2. The average molecular weight is 403 g/mol. The maximum atomic E-state index is 12.2. The zero-order chi connectivity index (χ0) is 20.5. The molecule has 0 bridgehead atoms. The van der Waals surface area contributed by atoms with Crippen LogP contribution in [-0.2, 0) is 13.1 Å². The van der Waals surface area contributed by atoms with Crippen LogP contribution in [0.1, 0.15) is 31.7 Å². The van der Waals surface area contributed by atoms with Crippen molar-refractivity contribution in [3.8, 4) is 0 Å². The number of nitrogens with one attached hydrogen (secondary N) is 2. The predicted molar refractivity (Wildman–Crippen MR) is 121 cm³/mol. The normalized spacial score (nSPS) is 14.5. The molecule has 30 heavy (non-hydrogen) atoms. The summed E-state index contributed by atoms with van der Waals surface area (Å²) in [6.07, 6.45) is 5.40. The number of imidazole rings is 1. The van der Waals surface area contributed by atoms with Crippen molar-refractivity contribution < 1.29 is 0 Å². The molecule has 0 saturated carbocycles. The second-order valence-electron chi connectivity index (χ2n) is 7.81. The van der Waals surface area contributed by atoms with Gasteiger partial charge in [-0.2, -0.15) is 0 Å². The smallest absolute Gasteiger partial charge is 0.326 e. The number of aromatic nitrogens is 4. The number of H-pyrrole nitrogens is 1. The number of aryl methyl sites for hydroxylation is 1. The summed E-state index contributed by atoms with van der Waals surface area (Å²) in [5.74, 6) is 0.778. The van der Waals surface area contributed by atoms with Crippen molar-refractivity contribution >= 4 is 33.4 Å². The summed E-state index contributed by atoms with van der Waals surface area (Å²) in [6.45, 7) is 5.50. The number of aromatic amines is 1. The molecule has 1 fully saturated rings. The van der Waals surface area contributed by atoms with E-state index in [2.05, 4.69) is 49.4 Å². The molecule has 1 aliphatic heterocycles. The lowest BCUT2D eigenvalue weighted by Crippen LogP contribution is -2.30. The maximum Gasteiger partial charge on any atom is 0.326 e. The second-order valence-corrected chi connectivity index (χ2v) is 7.81. The SMILES string of the molecule is CCn1c(=O)[nH]c2cc3c(NCc4ccccc4N4CCCCC4)ncnc3cc21. The Morgan fingerprint density at radius 1 is 1.10 bits per heavy atom. The Morgan fingerprint density at radius 3 is 2.77 bits per heavy atom. The van der Waals surface area contributed by atoms with Gasteiger partial charge in [0.15, 0.2) is 0 Å². The van der Waals surface area contributed by atoms with Crippen molar-refractivity contribution in [1.29, 1.82) is 0 Å². The van der Waals surface area contributed by atoms with Gasteiger partial charge in [0.1, 0.15) is 12.1 Å². The molecule has 0 spiro atoms. The molecule has 4 aromatic rings. The Bertz CT molecular complexity index is 1250. The monoisotopic (exact) mass is 402 g/mol. The molecule has 2 N–H and O–H groups in total. The molecule has 7 nitrogen and oxygen atoms in total. The van der Waals surface area contributed by atoms with Crippen LogP contribution in [0.15, 0.2) is 47.5 Å². The topological polar surface area (TPSA) is 78.8 Å². The fourth-order valence-corrected chi connectivity index (χ4v) is 4.44. The highest BCUT2D eigenvalue weighted by Gasteiger charge is 2.15. The zero-order valence-corrected chi connectivity index (χ0v) is 17.2. The van der Waals surface area contributed by atoms with Crippen molar-refractivity contribution in [1.82, 2.24) is 19.5 Å². The molecular weight excluding hydrogens is 376 g/mol. The molecule has 2 aromatic heterocycles. The summed E-state index contributed by atoms with van der Waals surface area (Å²) < 4.78 is 1.72. The molecule has 7 heteroatoms. The summed E-state index contributed by atoms with van der Waals surface area (Å²) in [4.78, 5) is 26.5. The van der Waals surface area contributed by atoms with Crippen LogP contribution in [0.2, 0.25) is 0 Å². The van der Waals surface area contributed by atoms with E-state index in [0.717, 1.165) is 40.8 Å². The molecule has 2 aromatic carbocycles. The van der Waals surface area contributed by atoms with E-state index in [1.807, 2.05) is 19.1 Å². The minimum absolute atomic E-state index is 0.0965. The van der Waals surface area contributed by atoms with Gasteiger partial charge < -0.3 is 15.2 Å². The van der Waals surface area contributed by atoms with Crippen LogP contribution in [0.3, 0.4) is 0 Å². The lowest BCUT2D eigenvalue weighted by atomic mass is 10.1. The van der Waals surface area contributed by atoms with Crippen LogP contribution in [0.5, 0.6) is 0 Å². The van der Waals surface area contributed by atoms with E-state index in [9.17, 15) is 4.79 Å². The van der Waals surface area contributed by atoms with Gasteiger partial charge in [-0.25, -0.2) is 14.8 Å². The number of rotatable bonds is 5. The van der Waals surface area contributed by atoms with Gasteiger partial charge in [-0.05, 0) is 49.9 Å². The highest BCUT2D eigenvalue weighted by molar-refractivity contribution is 5.98. The number of fused-ring (bicyclic) bond motifs is 2. The minimum atomic E-state index is -0.0965. The third-order valence-corrected chi connectivity index (χ3v) is 5.98. The summed E-state index contributed by atoms with van der Waals surface area (Å²) >= 11 is 0. The average Bonchev–Trinajstić information content (AvgIpc) is 3.10. The van der Waals surface area contributed by atoms with Crippen molar-refractivity contribution in [2.75, 3.05) is 23.3 Å². The van der Waals surface area contributed by atoms with Crippen LogP contribution < -0.4 is 15.9 Å². The van der Waals surface area contributed by atoms with Crippen LogP contribution in [0.4, 0.5) is 11.5 Å². The molecule has 0 aliphatic carbocycles. The first-order valence-corrected chi connectivity index (χ1v) is 10.7. The summed E-state index contributed by atoms with van der Waals surface area (Å²) in [6, 6.07) is 12.5. The Kier molecular flexibility index (Phi) is 4.86. The summed E-state index contributed by atoms with van der Waals surface area (Å²) in [5.41, 5.74) is 4.97. The van der Waals surface area contributed by atoms with E-state index in [4.69, 9.17) is 0 Å². The predicted octanol–water partition coefficient (Wildman–Crippen LogP) is 3.90. The first-order chi connectivity index (χ1) is 14.7. The van der Waals surface area contributed by atoms with E-state index < -0.39 is 0 Å². The van der Waals surface area contributed by atoms with Crippen molar-refractivity contribution in [2.45, 2.75) is 39.3 Å². The van der Waals surface area contributed by atoms with Gasteiger partial charge in [0, 0.05) is 37.3 Å². The van der Waals surface area contributed by atoms with Gasteiger partial charge in [0.05, 0.1) is 16.6 Å². The van der Waals surface area contributed by atoms with Crippen LogP contribution >= 0.6 is 0 Å². The first kappa shape index (κ1) is 18.7. The van der Waals surface area contributed by atoms with Gasteiger partial charge in [-0.1, -0.05) is 18.2 Å². The van der Waals surface area contributed by atoms with Crippen LogP contribution in [0, 0.1) is 0 Å². The minimum Gasteiger partial charge on any atom is -0.371 e. The fourth-order valence-electron chi connectivity index (χ4n) is 4.44. The van der Waals surface area contributed by atoms with Gasteiger partial charge in [0.25, 0.3) is 0 Å². The molecule has 3 heterocycles. The van der Waals surface area contributed by atoms with Crippen LogP contribution in [0.25, 0.3) is 21.9 Å². The number of piperidine rings is 1. The molecule has 0 radical (unpaired) electrons. The van der Waals surface area contributed by atoms with Crippen molar-refractivity contribution in [3.63, 3.8) is 0 Å². The van der Waals surface area contributed by atoms with E-state index in [1.165, 1.54) is 30.5 Å². The molecule has 1 aliphatic rings. The molecule has 154 valence electrons. The Labute approximate surface area is 174 Å². The number of nitrogens with zero attached hydrogens (tertiary/aromatic N) is 4. The quantitative estimate of drug-likeness (QED) is 0.529. The molecule has 1 saturated heterocycles. The lowest BCUT2D eigenvalue weighted by molar-refractivity contribution is 0.576. The highest BCUT2D eigenvalue weighted by Crippen LogP contribution is 2.27. The van der Waals surface area contributed by atoms with Gasteiger partial charge >= 0.3 is 5.69 Å². The largest absolute Gasteiger partial charge is 0.371 e. The fraction of sp³-hybridized carbons (Fsp3) is 0.348. The summed E-state index contributed by atoms with van der Waals surface area (Å²) in [7, 11) is 0. The molecule has 0 amide bonds. The molecular formula is C23H26N6O. The molecule has 0 unspecified atom stereocenters. The third-order valence-electron chi connectivity index (χ3n) is 5.98. The molecule has 5 rings (SSSR count). The van der Waals surface area contributed by atoms with E-state index in [0.29, 0.717) is 13.1 Å². The van der Waals surface area contributed by atoms with Gasteiger partial charge in [0.2, 0.25) is 0 Å². The van der Waals surface area contributed by atoms with Crippen molar-refractivity contribution in [2.24, 2.45) is 0 Å². The number of para-hydroxylation sites is 1. The number of anilines is 2. The Morgan fingerprint density at radius 2 is 1.93 bits per heavy atom. The van der Waals surface area contributed by atoms with Gasteiger partial charge in [-0.3, -0.25) is 4.57 Å². The Hall–Kier alpha value is -3.35.